The molecule has 6 heteroatoms. The van der Waals surface area contributed by atoms with Gasteiger partial charge in [0.25, 0.3) is 0 Å². The number of rotatable bonds is 22. The van der Waals surface area contributed by atoms with Crippen LogP contribution in [0, 0.1) is 0 Å². The van der Waals surface area contributed by atoms with Gasteiger partial charge in [-0.15, -0.1) is 0 Å². The molecule has 214 valence electrons. The van der Waals surface area contributed by atoms with Crippen molar-refractivity contribution < 1.29 is 9.59 Å². The Morgan fingerprint density at radius 2 is 1.49 bits per heavy atom. The van der Waals surface area contributed by atoms with Gasteiger partial charge in [0.1, 0.15) is 0 Å². The van der Waals surface area contributed by atoms with E-state index in [1.54, 1.807) is 40.0 Å². The number of Topliss-reactive ketones (excluding diaryl/α,β-unsaturated/α-hetero) is 1. The summed E-state index contributed by atoms with van der Waals surface area (Å²) in [4.78, 5) is 28.3. The molecule has 0 aliphatic carbocycles. The lowest BCUT2D eigenvalue weighted by molar-refractivity contribution is -0.121. The van der Waals surface area contributed by atoms with E-state index in [0.717, 1.165) is 57.1 Å². The summed E-state index contributed by atoms with van der Waals surface area (Å²) in [5, 5.41) is 3.08. The van der Waals surface area contributed by atoms with Gasteiger partial charge in [-0.3, -0.25) is 14.6 Å². The van der Waals surface area contributed by atoms with E-state index in [1.165, 1.54) is 0 Å². The molecule has 1 rings (SSSR count). The van der Waals surface area contributed by atoms with Gasteiger partial charge in [0.05, 0.1) is 0 Å². The molecule has 0 bridgehead atoms. The molecule has 39 heavy (non-hydrogen) atoms. The minimum absolute atomic E-state index is 0.0579. The number of amides is 1. The van der Waals surface area contributed by atoms with Crippen LogP contribution in [0.2, 0.25) is 0 Å². The number of nitrogens with zero attached hydrogens (tertiary/aromatic N) is 1. The van der Waals surface area contributed by atoms with Gasteiger partial charge in [0.2, 0.25) is 5.91 Å². The first kappa shape index (κ1) is 34.7. The first-order valence-corrected chi connectivity index (χ1v) is 16.5. The number of allylic oxidation sites excluding steroid dienone is 10. The lowest BCUT2D eigenvalue weighted by Gasteiger charge is -2.23. The first-order chi connectivity index (χ1) is 18.9. The SMILES string of the molecule is CC/C=C\C/C=C\C/C=C\C/C=C\C/C=C\CCCC(=O)NCC(C)(C)SSCCCC(=O)c1cccnc1. The van der Waals surface area contributed by atoms with E-state index >= 15 is 0 Å². The van der Waals surface area contributed by atoms with Crippen molar-refractivity contribution in [3.63, 3.8) is 0 Å². The van der Waals surface area contributed by atoms with Crippen LogP contribution in [0.4, 0.5) is 0 Å². The van der Waals surface area contributed by atoms with Gasteiger partial charge in [0, 0.05) is 47.8 Å². The van der Waals surface area contributed by atoms with E-state index in [0.29, 0.717) is 24.9 Å². The van der Waals surface area contributed by atoms with E-state index in [9.17, 15) is 9.59 Å². The molecule has 1 aromatic rings. The molecule has 0 aromatic carbocycles. The molecular weight excluding hydrogens is 521 g/mol. The molecule has 0 aliphatic rings. The second-order valence-electron chi connectivity index (χ2n) is 9.81. The Labute approximate surface area is 245 Å². The fourth-order valence-corrected chi connectivity index (χ4v) is 5.88. The van der Waals surface area contributed by atoms with Crippen molar-refractivity contribution in [2.45, 2.75) is 89.7 Å². The molecular formula is C33H48N2O2S2. The van der Waals surface area contributed by atoms with Crippen molar-refractivity contribution in [3.05, 3.63) is 90.9 Å². The highest BCUT2D eigenvalue weighted by atomic mass is 33.1. The van der Waals surface area contributed by atoms with Gasteiger partial charge < -0.3 is 5.32 Å². The molecule has 0 fully saturated rings. The van der Waals surface area contributed by atoms with Crippen molar-refractivity contribution in [2.24, 2.45) is 0 Å². The lowest BCUT2D eigenvalue weighted by Crippen LogP contribution is -2.35. The van der Waals surface area contributed by atoms with Crippen molar-refractivity contribution in [1.82, 2.24) is 10.3 Å². The molecule has 1 heterocycles. The van der Waals surface area contributed by atoms with E-state index in [2.05, 4.69) is 91.8 Å². The quantitative estimate of drug-likeness (QED) is 0.0654. The Hall–Kier alpha value is -2.31. The molecule has 1 aromatic heterocycles. The maximum atomic E-state index is 12.2. The van der Waals surface area contributed by atoms with Crippen molar-refractivity contribution >= 4 is 33.3 Å². The molecule has 0 atom stereocenters. The van der Waals surface area contributed by atoms with Crippen LogP contribution in [0.15, 0.2) is 85.3 Å². The molecule has 0 spiro atoms. The Morgan fingerprint density at radius 3 is 2.08 bits per heavy atom. The summed E-state index contributed by atoms with van der Waals surface area (Å²) in [6.07, 6.45) is 34.0. The van der Waals surface area contributed by atoms with Crippen LogP contribution >= 0.6 is 21.6 Å². The zero-order valence-electron chi connectivity index (χ0n) is 24.1. The van der Waals surface area contributed by atoms with E-state index in [1.807, 2.05) is 6.07 Å². The second kappa shape index (κ2) is 23.6. The number of carbonyl (C=O) groups is 2. The Balaban J connectivity index is 2.01. The fourth-order valence-electron chi connectivity index (χ4n) is 3.34. The van der Waals surface area contributed by atoms with E-state index in [-0.39, 0.29) is 16.4 Å². The minimum Gasteiger partial charge on any atom is -0.355 e. The average molecular weight is 569 g/mol. The summed E-state index contributed by atoms with van der Waals surface area (Å²) in [6.45, 7) is 7.07. The topological polar surface area (TPSA) is 59.1 Å². The van der Waals surface area contributed by atoms with Crippen LogP contribution in [0.5, 0.6) is 0 Å². The number of ketones is 1. The number of hydrogen-bond donors (Lipinski definition) is 1. The van der Waals surface area contributed by atoms with Crippen LogP contribution in [0.25, 0.3) is 0 Å². The summed E-state index contributed by atoms with van der Waals surface area (Å²) in [6, 6.07) is 3.60. The number of pyridine rings is 1. The first-order valence-electron chi connectivity index (χ1n) is 14.2. The smallest absolute Gasteiger partial charge is 0.220 e. The average Bonchev–Trinajstić information content (AvgIpc) is 2.93. The zero-order valence-corrected chi connectivity index (χ0v) is 25.8. The van der Waals surface area contributed by atoms with Crippen LogP contribution < -0.4 is 5.32 Å². The second-order valence-corrected chi connectivity index (χ2v) is 12.9. The minimum atomic E-state index is -0.0579. The van der Waals surface area contributed by atoms with Gasteiger partial charge >= 0.3 is 0 Å². The largest absolute Gasteiger partial charge is 0.355 e. The highest BCUT2D eigenvalue weighted by Gasteiger charge is 2.20. The predicted molar refractivity (Wildman–Crippen MR) is 173 cm³/mol. The van der Waals surface area contributed by atoms with Gasteiger partial charge in [-0.05, 0) is 77.3 Å². The highest BCUT2D eigenvalue weighted by molar-refractivity contribution is 8.77. The van der Waals surface area contributed by atoms with E-state index < -0.39 is 0 Å². The monoisotopic (exact) mass is 568 g/mol. The maximum Gasteiger partial charge on any atom is 0.220 e. The Bertz CT molecular complexity index is 934. The molecule has 0 saturated heterocycles. The third-order valence-corrected chi connectivity index (χ3v) is 8.92. The molecule has 0 saturated carbocycles. The van der Waals surface area contributed by atoms with Gasteiger partial charge in [-0.25, -0.2) is 0 Å². The highest BCUT2D eigenvalue weighted by Crippen LogP contribution is 2.35. The molecule has 4 nitrogen and oxygen atoms in total. The maximum absolute atomic E-state index is 12.2. The van der Waals surface area contributed by atoms with Crippen LogP contribution in [-0.2, 0) is 4.79 Å². The summed E-state index contributed by atoms with van der Waals surface area (Å²) < 4.78 is -0.0579. The van der Waals surface area contributed by atoms with Crippen LogP contribution in [-0.4, -0.2) is 33.7 Å². The number of hydrogen-bond acceptors (Lipinski definition) is 5. The number of carbonyl (C=O) groups excluding carboxylic acids is 2. The van der Waals surface area contributed by atoms with Crippen molar-refractivity contribution in [1.29, 1.82) is 0 Å². The zero-order chi connectivity index (χ0) is 28.4. The Morgan fingerprint density at radius 1 is 0.872 bits per heavy atom. The van der Waals surface area contributed by atoms with Gasteiger partial charge in [0.15, 0.2) is 5.78 Å². The summed E-state index contributed by atoms with van der Waals surface area (Å²) in [7, 11) is 3.53. The molecule has 1 amide bonds. The third kappa shape index (κ3) is 21.2. The normalized spacial score (nSPS) is 12.6. The van der Waals surface area contributed by atoms with Crippen LogP contribution in [0.1, 0.15) is 95.3 Å². The van der Waals surface area contributed by atoms with Gasteiger partial charge in [-0.1, -0.05) is 89.3 Å². The third-order valence-electron chi connectivity index (χ3n) is 5.54. The van der Waals surface area contributed by atoms with Gasteiger partial charge in [-0.2, -0.15) is 0 Å². The van der Waals surface area contributed by atoms with E-state index in [4.69, 9.17) is 0 Å². The standard InChI is InChI=1S/C33H48N2O2S2/c1-4-5-6-7-8-9-10-11-12-13-14-15-16-17-18-19-20-25-32(37)35-29-33(2,3)39-38-27-22-24-31(36)30-23-21-26-34-28-30/h5-6,8-9,11-12,14-15,17-18,21,23,26,28H,4,7,10,13,16,19-20,22,24-25,27,29H2,1-3H3,(H,35,37)/b6-5-,9-8-,12-11-,15-14-,18-17-. The number of aromatic nitrogens is 1. The van der Waals surface area contributed by atoms with Crippen LogP contribution in [0.3, 0.4) is 0 Å². The number of nitrogens with one attached hydrogen (secondary N) is 1. The van der Waals surface area contributed by atoms with Crippen molar-refractivity contribution in [3.8, 4) is 0 Å². The summed E-state index contributed by atoms with van der Waals surface area (Å²) in [5.74, 6) is 1.16. The van der Waals surface area contributed by atoms with Crippen molar-refractivity contribution in [2.75, 3.05) is 12.3 Å². The number of unbranched alkanes of at least 4 members (excludes halogenated alkanes) is 1. The predicted octanol–water partition coefficient (Wildman–Crippen LogP) is 9.24. The lowest BCUT2D eigenvalue weighted by atomic mass is 10.1. The fraction of sp³-hybridized carbons (Fsp3) is 0.485. The molecule has 0 aliphatic heterocycles. The summed E-state index contributed by atoms with van der Waals surface area (Å²) in [5.41, 5.74) is 0.680. The Kier molecular flexibility index (Phi) is 21.0. The molecule has 1 N–H and O–H groups in total. The molecule has 0 radical (unpaired) electrons. The summed E-state index contributed by atoms with van der Waals surface area (Å²) >= 11 is 0. The molecule has 0 unspecified atom stereocenters.